The maximum Gasteiger partial charge on any atom is 0.326 e. The Morgan fingerprint density at radius 2 is 2.11 bits per heavy atom. The highest BCUT2D eigenvalue weighted by molar-refractivity contribution is 5.91. The van der Waals surface area contributed by atoms with Crippen molar-refractivity contribution in [1.29, 1.82) is 0 Å². The molecular weight excluding hydrogens is 244 g/mol. The molecule has 3 rings (SSSR count). The van der Waals surface area contributed by atoms with Crippen LogP contribution in [0.5, 0.6) is 0 Å². The van der Waals surface area contributed by atoms with Gasteiger partial charge in [-0.15, -0.1) is 0 Å². The molecule has 2 heterocycles. The fraction of sp³-hybridized carbons (Fsp3) is 0.857. The number of rotatable bonds is 2. The topological polar surface area (TPSA) is 69.6 Å². The quantitative estimate of drug-likeness (QED) is 0.777. The van der Waals surface area contributed by atoms with Gasteiger partial charge >= 0.3 is 5.97 Å². The number of nitrogens with one attached hydrogen (secondary N) is 1. The molecule has 0 aromatic rings. The molecule has 1 aliphatic carbocycles. The fourth-order valence-corrected chi connectivity index (χ4v) is 4.23. The summed E-state index contributed by atoms with van der Waals surface area (Å²) in [5.74, 6) is -0.266. The van der Waals surface area contributed by atoms with Gasteiger partial charge in [0.15, 0.2) is 0 Å². The Kier molecular flexibility index (Phi) is 3.04. The van der Waals surface area contributed by atoms with Gasteiger partial charge in [-0.05, 0) is 51.0 Å². The summed E-state index contributed by atoms with van der Waals surface area (Å²) in [6, 6.07) is -0.598. The largest absolute Gasteiger partial charge is 0.480 e. The second kappa shape index (κ2) is 4.47. The summed E-state index contributed by atoms with van der Waals surface area (Å²) < 4.78 is 0. The molecule has 2 saturated heterocycles. The van der Waals surface area contributed by atoms with Crippen molar-refractivity contribution in [1.82, 2.24) is 10.2 Å². The van der Waals surface area contributed by atoms with Crippen LogP contribution in [0.2, 0.25) is 0 Å². The van der Waals surface area contributed by atoms with Gasteiger partial charge in [-0.3, -0.25) is 4.79 Å². The van der Waals surface area contributed by atoms with Crippen molar-refractivity contribution in [2.75, 3.05) is 13.1 Å². The summed E-state index contributed by atoms with van der Waals surface area (Å²) in [6.45, 7) is 3.40. The van der Waals surface area contributed by atoms with E-state index >= 15 is 0 Å². The molecule has 2 N–H and O–H groups in total. The van der Waals surface area contributed by atoms with Crippen molar-refractivity contribution in [3.05, 3.63) is 0 Å². The summed E-state index contributed by atoms with van der Waals surface area (Å²) in [4.78, 5) is 25.9. The summed E-state index contributed by atoms with van der Waals surface area (Å²) in [7, 11) is 0. The Morgan fingerprint density at radius 3 is 2.74 bits per heavy atom. The first-order valence-corrected chi connectivity index (χ1v) is 7.32. The van der Waals surface area contributed by atoms with Gasteiger partial charge in [0.2, 0.25) is 5.91 Å². The Balaban J connectivity index is 1.83. The standard InChI is InChI=1S/C14H22N2O3/c1-14(6-3-7-15-14)13(19)16-8-9-4-2-5-10(9)11(16)12(17)18/h9-11,15H,2-8H2,1H3,(H,17,18). The minimum Gasteiger partial charge on any atom is -0.480 e. The highest BCUT2D eigenvalue weighted by Gasteiger charge is 2.52. The molecule has 3 fully saturated rings. The average molecular weight is 266 g/mol. The number of aliphatic carboxylic acids is 1. The highest BCUT2D eigenvalue weighted by Crippen LogP contribution is 2.43. The molecule has 0 aromatic heterocycles. The van der Waals surface area contributed by atoms with Crippen molar-refractivity contribution in [2.24, 2.45) is 11.8 Å². The van der Waals surface area contributed by atoms with E-state index < -0.39 is 17.6 Å². The molecule has 0 radical (unpaired) electrons. The van der Waals surface area contributed by atoms with Crippen molar-refractivity contribution in [3.63, 3.8) is 0 Å². The molecule has 1 amide bonds. The van der Waals surface area contributed by atoms with Crippen molar-refractivity contribution < 1.29 is 14.7 Å². The fourth-order valence-electron chi connectivity index (χ4n) is 4.23. The third-order valence-corrected chi connectivity index (χ3v) is 5.25. The van der Waals surface area contributed by atoms with Gasteiger partial charge in [0.1, 0.15) is 6.04 Å². The lowest BCUT2D eigenvalue weighted by molar-refractivity contribution is -0.152. The molecule has 4 atom stereocenters. The molecular formula is C14H22N2O3. The zero-order chi connectivity index (χ0) is 13.6. The highest BCUT2D eigenvalue weighted by atomic mass is 16.4. The molecule has 3 aliphatic rings. The summed E-state index contributed by atoms with van der Waals surface area (Å²) >= 11 is 0. The molecule has 4 unspecified atom stereocenters. The first-order valence-electron chi connectivity index (χ1n) is 7.32. The van der Waals surface area contributed by atoms with Crippen LogP contribution >= 0.6 is 0 Å². The van der Waals surface area contributed by atoms with Crippen LogP contribution in [0.25, 0.3) is 0 Å². The lowest BCUT2D eigenvalue weighted by Gasteiger charge is -2.32. The molecule has 0 aromatic carbocycles. The van der Waals surface area contributed by atoms with Gasteiger partial charge in [0, 0.05) is 6.54 Å². The van der Waals surface area contributed by atoms with E-state index in [4.69, 9.17) is 0 Å². The maximum atomic E-state index is 12.7. The number of carboxylic acid groups (broad SMARTS) is 1. The van der Waals surface area contributed by atoms with Gasteiger partial charge in [-0.2, -0.15) is 0 Å². The first kappa shape index (κ1) is 12.9. The van der Waals surface area contributed by atoms with Gasteiger partial charge in [-0.1, -0.05) is 6.42 Å². The Bertz CT molecular complexity index is 403. The molecule has 2 aliphatic heterocycles. The molecule has 19 heavy (non-hydrogen) atoms. The van der Waals surface area contributed by atoms with E-state index in [1.807, 2.05) is 6.92 Å². The van der Waals surface area contributed by atoms with Crippen LogP contribution in [0, 0.1) is 11.8 Å². The molecule has 1 saturated carbocycles. The summed E-state index contributed by atoms with van der Waals surface area (Å²) in [5, 5.41) is 12.7. The molecule has 5 nitrogen and oxygen atoms in total. The van der Waals surface area contributed by atoms with Gasteiger partial charge in [0.05, 0.1) is 5.54 Å². The van der Waals surface area contributed by atoms with Crippen molar-refractivity contribution in [2.45, 2.75) is 50.6 Å². The van der Waals surface area contributed by atoms with E-state index in [9.17, 15) is 14.7 Å². The van der Waals surface area contributed by atoms with Gasteiger partial charge in [-0.25, -0.2) is 4.79 Å². The number of nitrogens with zero attached hydrogens (tertiary/aromatic N) is 1. The molecule has 0 spiro atoms. The zero-order valence-corrected chi connectivity index (χ0v) is 11.4. The van der Waals surface area contributed by atoms with Crippen LogP contribution in [-0.2, 0) is 9.59 Å². The Hall–Kier alpha value is -1.10. The predicted octanol–water partition coefficient (Wildman–Crippen LogP) is 0.840. The Labute approximate surface area is 113 Å². The third-order valence-electron chi connectivity index (χ3n) is 5.25. The lowest BCUT2D eigenvalue weighted by atomic mass is 9.93. The number of carbonyl (C=O) groups is 2. The predicted molar refractivity (Wildman–Crippen MR) is 69.6 cm³/mol. The SMILES string of the molecule is CC1(C(=O)N2CC3CCCC3C2C(=O)O)CCCN1. The number of likely N-dealkylation sites (tertiary alicyclic amines) is 1. The molecule has 106 valence electrons. The third kappa shape index (κ3) is 1.95. The average Bonchev–Trinajstić information content (AvgIpc) is 3.01. The normalized spacial score (nSPS) is 41.5. The van der Waals surface area contributed by atoms with Crippen LogP contribution in [-0.4, -0.2) is 46.6 Å². The number of fused-ring (bicyclic) bond motifs is 1. The van der Waals surface area contributed by atoms with Crippen molar-refractivity contribution in [3.8, 4) is 0 Å². The summed E-state index contributed by atoms with van der Waals surface area (Å²) in [5.41, 5.74) is -0.549. The van der Waals surface area contributed by atoms with Crippen LogP contribution < -0.4 is 5.32 Å². The number of carboxylic acids is 1. The second-order valence-electron chi connectivity index (χ2n) is 6.46. The van der Waals surface area contributed by atoms with Crippen LogP contribution in [0.4, 0.5) is 0 Å². The van der Waals surface area contributed by atoms with E-state index in [1.54, 1.807) is 4.90 Å². The van der Waals surface area contributed by atoms with E-state index in [0.29, 0.717) is 12.5 Å². The van der Waals surface area contributed by atoms with E-state index in [-0.39, 0.29) is 11.8 Å². The number of carbonyl (C=O) groups excluding carboxylic acids is 1. The van der Waals surface area contributed by atoms with E-state index in [0.717, 1.165) is 38.6 Å². The van der Waals surface area contributed by atoms with Crippen LogP contribution in [0.3, 0.4) is 0 Å². The van der Waals surface area contributed by atoms with E-state index in [1.165, 1.54) is 0 Å². The monoisotopic (exact) mass is 266 g/mol. The van der Waals surface area contributed by atoms with Crippen LogP contribution in [0.1, 0.15) is 39.0 Å². The number of amides is 1. The minimum atomic E-state index is -0.829. The number of hydrogen-bond donors (Lipinski definition) is 2. The molecule has 5 heteroatoms. The number of hydrogen-bond acceptors (Lipinski definition) is 3. The smallest absolute Gasteiger partial charge is 0.326 e. The zero-order valence-electron chi connectivity index (χ0n) is 11.4. The lowest BCUT2D eigenvalue weighted by Crippen LogP contribution is -2.56. The van der Waals surface area contributed by atoms with Crippen molar-refractivity contribution >= 4 is 11.9 Å². The van der Waals surface area contributed by atoms with Gasteiger partial charge < -0.3 is 15.3 Å². The second-order valence-corrected chi connectivity index (χ2v) is 6.46. The molecule has 0 bridgehead atoms. The first-order chi connectivity index (χ1) is 9.03. The maximum absolute atomic E-state index is 12.7. The summed E-state index contributed by atoms with van der Waals surface area (Å²) in [6.07, 6.45) is 4.93. The van der Waals surface area contributed by atoms with Gasteiger partial charge in [0.25, 0.3) is 0 Å². The van der Waals surface area contributed by atoms with Crippen LogP contribution in [0.15, 0.2) is 0 Å². The Morgan fingerprint density at radius 1 is 1.32 bits per heavy atom. The van der Waals surface area contributed by atoms with E-state index in [2.05, 4.69) is 5.32 Å². The minimum absolute atomic E-state index is 0.00759.